The van der Waals surface area contributed by atoms with E-state index in [4.69, 9.17) is 0 Å². The molecule has 0 radical (unpaired) electrons. The second-order valence-electron chi connectivity index (χ2n) is 3.33. The minimum absolute atomic E-state index is 0.248. The van der Waals surface area contributed by atoms with Crippen LogP contribution < -0.4 is 0 Å². The van der Waals surface area contributed by atoms with Crippen molar-refractivity contribution in [2.24, 2.45) is 0 Å². The molecule has 0 saturated heterocycles. The molecule has 0 fully saturated rings. The Hall–Kier alpha value is -0.890. The zero-order valence-corrected chi connectivity index (χ0v) is 11.4. The second kappa shape index (κ2) is 4.17. The molecule has 1 heterocycles. The highest BCUT2D eigenvalue weighted by Crippen LogP contribution is 2.14. The van der Waals surface area contributed by atoms with Gasteiger partial charge in [-0.05, 0) is 47.7 Å². The third kappa shape index (κ3) is 2.12. The number of halogens is 1. The SMILES string of the molecule is Cc1ccc(S(=O)(=O)n2ccc(I)n2)cc1. The fourth-order valence-electron chi connectivity index (χ4n) is 1.24. The summed E-state index contributed by atoms with van der Waals surface area (Å²) in [5.74, 6) is 0. The molecule has 0 spiro atoms. The van der Waals surface area contributed by atoms with Gasteiger partial charge in [0.05, 0.1) is 4.90 Å². The largest absolute Gasteiger partial charge is 0.282 e. The van der Waals surface area contributed by atoms with Gasteiger partial charge in [0.1, 0.15) is 3.70 Å². The van der Waals surface area contributed by atoms with E-state index in [0.29, 0.717) is 3.70 Å². The average Bonchev–Trinajstić information content (AvgIpc) is 2.66. The highest BCUT2D eigenvalue weighted by molar-refractivity contribution is 14.1. The number of rotatable bonds is 2. The minimum Gasteiger partial charge on any atom is -0.199 e. The zero-order chi connectivity index (χ0) is 11.8. The third-order valence-electron chi connectivity index (χ3n) is 2.10. The molecule has 2 rings (SSSR count). The van der Waals surface area contributed by atoms with E-state index in [9.17, 15) is 8.42 Å². The standard InChI is InChI=1S/C10H9IN2O2S/c1-8-2-4-9(5-3-8)16(14,15)13-7-6-10(11)12-13/h2-7H,1H3. The van der Waals surface area contributed by atoms with Gasteiger partial charge < -0.3 is 0 Å². The van der Waals surface area contributed by atoms with Gasteiger partial charge in [-0.2, -0.15) is 17.6 Å². The summed E-state index contributed by atoms with van der Waals surface area (Å²) in [6, 6.07) is 8.34. The van der Waals surface area contributed by atoms with Crippen LogP contribution in [0.5, 0.6) is 0 Å². The van der Waals surface area contributed by atoms with Gasteiger partial charge in [0.15, 0.2) is 0 Å². The normalized spacial score (nSPS) is 11.6. The Balaban J connectivity index is 2.51. The Morgan fingerprint density at radius 3 is 2.31 bits per heavy atom. The molecule has 6 heteroatoms. The molecule has 0 bridgehead atoms. The summed E-state index contributed by atoms with van der Waals surface area (Å²) >= 11 is 1.97. The van der Waals surface area contributed by atoms with Crippen molar-refractivity contribution >= 4 is 32.6 Å². The van der Waals surface area contributed by atoms with Gasteiger partial charge in [-0.3, -0.25) is 0 Å². The summed E-state index contributed by atoms with van der Waals surface area (Å²) in [7, 11) is -3.53. The van der Waals surface area contributed by atoms with E-state index in [1.807, 2.05) is 29.5 Å². The maximum Gasteiger partial charge on any atom is 0.282 e. The Labute approximate surface area is 107 Å². The van der Waals surface area contributed by atoms with Crippen molar-refractivity contribution in [1.82, 2.24) is 9.19 Å². The summed E-state index contributed by atoms with van der Waals surface area (Å²) in [4.78, 5) is 0.248. The first-order valence-corrected chi connectivity index (χ1v) is 7.05. The van der Waals surface area contributed by atoms with Crippen LogP contribution in [0.2, 0.25) is 0 Å². The molecule has 16 heavy (non-hydrogen) atoms. The van der Waals surface area contributed by atoms with Gasteiger partial charge in [-0.15, -0.1) is 0 Å². The quantitative estimate of drug-likeness (QED) is 0.781. The van der Waals surface area contributed by atoms with Crippen molar-refractivity contribution in [1.29, 1.82) is 0 Å². The van der Waals surface area contributed by atoms with Gasteiger partial charge in [0.25, 0.3) is 10.0 Å². The molecule has 2 aromatic rings. The predicted octanol–water partition coefficient (Wildman–Crippen LogP) is 2.03. The van der Waals surface area contributed by atoms with E-state index in [1.165, 1.54) is 6.20 Å². The molecule has 0 unspecified atom stereocenters. The average molecular weight is 348 g/mol. The number of aromatic nitrogens is 2. The first-order valence-electron chi connectivity index (χ1n) is 4.53. The minimum atomic E-state index is -3.53. The van der Waals surface area contributed by atoms with Crippen molar-refractivity contribution in [2.45, 2.75) is 11.8 Å². The topological polar surface area (TPSA) is 52.0 Å². The van der Waals surface area contributed by atoms with Gasteiger partial charge in [0.2, 0.25) is 0 Å². The number of nitrogens with zero attached hydrogens (tertiary/aromatic N) is 2. The lowest BCUT2D eigenvalue weighted by atomic mass is 10.2. The summed E-state index contributed by atoms with van der Waals surface area (Å²) < 4.78 is 25.7. The highest BCUT2D eigenvalue weighted by Gasteiger charge is 2.17. The van der Waals surface area contributed by atoms with Crippen molar-refractivity contribution in [2.75, 3.05) is 0 Å². The number of aryl methyl sites for hydroxylation is 1. The maximum atomic E-state index is 12.1. The highest BCUT2D eigenvalue weighted by atomic mass is 127. The lowest BCUT2D eigenvalue weighted by Crippen LogP contribution is -2.13. The van der Waals surface area contributed by atoms with E-state index < -0.39 is 10.0 Å². The van der Waals surface area contributed by atoms with Crippen molar-refractivity contribution in [3.8, 4) is 0 Å². The fourth-order valence-corrected chi connectivity index (χ4v) is 2.89. The smallest absolute Gasteiger partial charge is 0.199 e. The van der Waals surface area contributed by atoms with E-state index in [2.05, 4.69) is 5.10 Å². The van der Waals surface area contributed by atoms with E-state index in [0.717, 1.165) is 9.65 Å². The predicted molar refractivity (Wildman–Crippen MR) is 68.7 cm³/mol. The molecule has 0 N–H and O–H groups in total. The Morgan fingerprint density at radius 2 is 1.81 bits per heavy atom. The maximum absolute atomic E-state index is 12.1. The molecular weight excluding hydrogens is 339 g/mol. The molecule has 1 aromatic heterocycles. The lowest BCUT2D eigenvalue weighted by molar-refractivity contribution is 0.579. The summed E-state index contributed by atoms with van der Waals surface area (Å²) in [5.41, 5.74) is 1.02. The molecule has 0 aliphatic rings. The molecule has 0 amide bonds. The summed E-state index contributed by atoms with van der Waals surface area (Å²) in [6.07, 6.45) is 1.44. The van der Waals surface area contributed by atoms with Crippen molar-refractivity contribution < 1.29 is 8.42 Å². The van der Waals surface area contributed by atoms with Crippen LogP contribution in [-0.4, -0.2) is 17.6 Å². The fraction of sp³-hybridized carbons (Fsp3) is 0.100. The van der Waals surface area contributed by atoms with Crippen LogP contribution in [0.1, 0.15) is 5.56 Å². The van der Waals surface area contributed by atoms with E-state index >= 15 is 0 Å². The second-order valence-corrected chi connectivity index (χ2v) is 6.23. The number of hydrogen-bond donors (Lipinski definition) is 0. The van der Waals surface area contributed by atoms with Crippen LogP contribution in [0.4, 0.5) is 0 Å². The Bertz CT molecular complexity index is 602. The number of benzene rings is 1. The van der Waals surface area contributed by atoms with Gasteiger partial charge in [-0.25, -0.2) is 0 Å². The summed E-state index contributed by atoms with van der Waals surface area (Å²) in [6.45, 7) is 1.91. The first-order chi connectivity index (χ1) is 7.50. The summed E-state index contributed by atoms with van der Waals surface area (Å²) in [5, 5.41) is 3.90. The van der Waals surface area contributed by atoms with Crippen molar-refractivity contribution in [3.05, 3.63) is 45.8 Å². The van der Waals surface area contributed by atoms with Gasteiger partial charge in [-0.1, -0.05) is 17.7 Å². The lowest BCUT2D eigenvalue weighted by Gasteiger charge is -2.03. The van der Waals surface area contributed by atoms with Gasteiger partial charge >= 0.3 is 0 Å². The molecule has 1 aromatic carbocycles. The van der Waals surface area contributed by atoms with Crippen LogP contribution in [0.3, 0.4) is 0 Å². The zero-order valence-electron chi connectivity index (χ0n) is 8.46. The molecule has 0 aliphatic heterocycles. The molecule has 4 nitrogen and oxygen atoms in total. The van der Waals surface area contributed by atoms with Gasteiger partial charge in [0, 0.05) is 6.20 Å². The number of hydrogen-bond acceptors (Lipinski definition) is 3. The molecular formula is C10H9IN2O2S. The molecule has 0 aliphatic carbocycles. The third-order valence-corrected chi connectivity index (χ3v) is 4.24. The van der Waals surface area contributed by atoms with E-state index in [-0.39, 0.29) is 4.90 Å². The Morgan fingerprint density at radius 1 is 1.19 bits per heavy atom. The molecule has 0 saturated carbocycles. The van der Waals surface area contributed by atoms with Crippen LogP contribution in [0, 0.1) is 10.6 Å². The van der Waals surface area contributed by atoms with Crippen LogP contribution in [0.25, 0.3) is 0 Å². The van der Waals surface area contributed by atoms with Crippen LogP contribution in [-0.2, 0) is 10.0 Å². The first kappa shape index (κ1) is 11.6. The van der Waals surface area contributed by atoms with Crippen LogP contribution in [0.15, 0.2) is 41.4 Å². The van der Waals surface area contributed by atoms with Crippen molar-refractivity contribution in [3.63, 3.8) is 0 Å². The molecule has 0 atom stereocenters. The monoisotopic (exact) mass is 348 g/mol. The Kier molecular flexibility index (Phi) is 3.02. The molecule has 84 valence electrons. The van der Waals surface area contributed by atoms with E-state index in [1.54, 1.807) is 30.3 Å². The van der Waals surface area contributed by atoms with Crippen LogP contribution >= 0.6 is 22.6 Å².